The van der Waals surface area contributed by atoms with Gasteiger partial charge < -0.3 is 75.9 Å². The molecule has 4 aliphatic heterocycles. The lowest BCUT2D eigenvalue weighted by Crippen LogP contribution is -2.51. The van der Waals surface area contributed by atoms with Crippen molar-refractivity contribution in [3.63, 3.8) is 0 Å². The third-order valence-electron chi connectivity index (χ3n) is 24.2. The van der Waals surface area contributed by atoms with E-state index >= 15 is 0 Å². The van der Waals surface area contributed by atoms with Crippen LogP contribution in [0.4, 0.5) is 45.5 Å². The number of halogens is 3. The molecule has 47 heteroatoms. The Morgan fingerprint density at radius 3 is 1.00 bits per heavy atom. The van der Waals surface area contributed by atoms with E-state index in [2.05, 4.69) is 51.3 Å². The number of aromatic nitrogens is 15. The number of fused-ring (bicyclic) bond motifs is 4. The highest BCUT2D eigenvalue weighted by Gasteiger charge is 2.44. The minimum atomic E-state index is -4.96. The molecule has 11 aromatic heterocycles. The third-order valence-corrected chi connectivity index (χ3v) is 26.9. The number of nitrogen functional groups attached to an aromatic ring is 1. The maximum Gasteiger partial charge on any atom is 0.441 e. The molecule has 737 valence electrons. The van der Waals surface area contributed by atoms with Crippen LogP contribution in [0.2, 0.25) is 0 Å². The number of rotatable bonds is 20. The van der Waals surface area contributed by atoms with E-state index in [1.807, 2.05) is 117 Å². The summed E-state index contributed by atoms with van der Waals surface area (Å²) in [6.45, 7) is 13.4. The topological polar surface area (TPSA) is 490 Å². The molecule has 19 rings (SSSR count). The van der Waals surface area contributed by atoms with Crippen LogP contribution in [0.25, 0.3) is 53.8 Å². The van der Waals surface area contributed by atoms with Crippen LogP contribution in [0, 0.1) is 5.92 Å². The normalized spacial score (nSPS) is 16.3. The second kappa shape index (κ2) is 40.9. The summed E-state index contributed by atoms with van der Waals surface area (Å²) in [6.07, 6.45) is 9.94. The number of piperidine rings is 4. The lowest BCUT2D eigenvalue weighted by molar-refractivity contribution is -0.162. The van der Waals surface area contributed by atoms with Gasteiger partial charge in [0.05, 0.1) is 96.1 Å². The highest BCUT2D eigenvalue weighted by molar-refractivity contribution is 7.14. The fourth-order valence-electron chi connectivity index (χ4n) is 16.4. The van der Waals surface area contributed by atoms with Crippen molar-refractivity contribution < 1.29 is 76.6 Å². The molecule has 0 atom stereocenters. The van der Waals surface area contributed by atoms with Crippen LogP contribution in [0.5, 0.6) is 0 Å². The zero-order valence-electron chi connectivity index (χ0n) is 77.6. The highest BCUT2D eigenvalue weighted by atomic mass is 32.1. The molecule has 40 nitrogen and oxygen atoms in total. The van der Waals surface area contributed by atoms with Crippen molar-refractivity contribution in [2.75, 3.05) is 74.0 Å². The number of aliphatic hydroxyl groups is 4. The number of anilines is 4. The van der Waals surface area contributed by atoms with Crippen LogP contribution in [-0.4, -0.2) is 253 Å². The van der Waals surface area contributed by atoms with Crippen LogP contribution in [0.3, 0.4) is 0 Å². The zero-order chi connectivity index (χ0) is 100. The van der Waals surface area contributed by atoms with Gasteiger partial charge in [-0.05, 0) is 143 Å². The molecule has 0 bridgehead atoms. The molecule has 3 aromatic carbocycles. The summed E-state index contributed by atoms with van der Waals surface area (Å²) in [4.78, 5) is 158. The third kappa shape index (κ3) is 24.6. The number of nitrogens with zero attached hydrogens (tertiary/aromatic N) is 19. The predicted octanol–water partition coefficient (Wildman–Crippen LogP) is 9.52. The summed E-state index contributed by atoms with van der Waals surface area (Å²) in [5, 5.41) is 76.5. The van der Waals surface area contributed by atoms with Gasteiger partial charge in [0.2, 0.25) is 11.6 Å². The number of carbonyl (C=O) groups excluding carboxylic acids is 7. The van der Waals surface area contributed by atoms with Gasteiger partial charge in [-0.15, -0.1) is 34.0 Å². The van der Waals surface area contributed by atoms with Crippen LogP contribution in [0.1, 0.15) is 137 Å². The summed E-state index contributed by atoms with van der Waals surface area (Å²) in [5.41, 5.74) is 2.67. The van der Waals surface area contributed by atoms with E-state index in [4.69, 9.17) is 15.2 Å². The Bertz CT molecular complexity index is 7230. The Morgan fingerprint density at radius 1 is 0.426 bits per heavy atom. The zero-order valence-corrected chi connectivity index (χ0v) is 80.0. The van der Waals surface area contributed by atoms with Gasteiger partial charge in [-0.1, -0.05) is 91.0 Å². The Kier molecular flexibility index (Phi) is 29.0. The van der Waals surface area contributed by atoms with E-state index in [1.54, 1.807) is 83.5 Å². The highest BCUT2D eigenvalue weighted by Crippen LogP contribution is 2.36. The van der Waals surface area contributed by atoms with Crippen LogP contribution < -0.4 is 43.9 Å². The molecular weight excluding hydrogens is 1890 g/mol. The molecule has 0 spiro atoms. The summed E-state index contributed by atoms with van der Waals surface area (Å²) in [7, 11) is 0.504. The molecule has 14 aromatic rings. The van der Waals surface area contributed by atoms with Crippen molar-refractivity contribution in [3.05, 3.63) is 240 Å². The molecule has 5 aliphatic rings. The fourth-order valence-corrected chi connectivity index (χ4v) is 18.9. The van der Waals surface area contributed by atoms with Crippen molar-refractivity contribution in [1.29, 1.82) is 0 Å². The molecule has 5 fully saturated rings. The van der Waals surface area contributed by atoms with Crippen LogP contribution in [-0.2, 0) is 45.2 Å². The van der Waals surface area contributed by atoms with Gasteiger partial charge in [0.25, 0.3) is 40.0 Å². The SMILES string of the molecule is CC(C)(C)OC(=O)N1CCC(O)(Cn2cnn3cc(N)cc3c2=O)CC1.CC(C)(C)OC(=O)N1CCC(O)(Cn2cnn3cc(NC(=O)c4csc(-c5ccccc5)n4)cc3c2=O)CC1.O=C(Nc1cc2c(=O)n(CC3(O)CCN(C(=O)C4CC4)CC3)cnn2c1)c1csc(-c2ccccc2)n1.O=C(Nc1cc2c(=O)n(CC3(O)CCN([B]C(=O)C(F)(F)F)CC3)cnn2c1)c1csc(-c2ccccc2)n1. The molecule has 6 amide bonds. The second-order valence-electron chi connectivity index (χ2n) is 37.6. The van der Waals surface area contributed by atoms with Gasteiger partial charge in [-0.2, -0.15) is 33.6 Å². The Labute approximate surface area is 814 Å². The largest absolute Gasteiger partial charge is 0.444 e. The summed E-state index contributed by atoms with van der Waals surface area (Å²) in [5.74, 6) is -0.886. The number of hydrogen-bond acceptors (Lipinski definition) is 29. The fraction of sp³-hybridized carbons (Fsp3) is 0.383. The van der Waals surface area contributed by atoms with Gasteiger partial charge in [0, 0.05) is 78.0 Å². The van der Waals surface area contributed by atoms with Crippen molar-refractivity contribution in [2.45, 2.75) is 172 Å². The molecule has 15 heterocycles. The number of carbonyl (C=O) groups is 7. The molecule has 1 aliphatic carbocycles. The van der Waals surface area contributed by atoms with Gasteiger partial charge in [-0.3, -0.25) is 56.6 Å². The summed E-state index contributed by atoms with van der Waals surface area (Å²) >= 11 is 4.09. The Balaban J connectivity index is 0.000000137. The molecule has 1 radical (unpaired) electrons. The second-order valence-corrected chi connectivity index (χ2v) is 40.1. The molecule has 0 unspecified atom stereocenters. The van der Waals surface area contributed by atoms with Gasteiger partial charge in [-0.25, -0.2) is 42.6 Å². The minimum absolute atomic E-state index is 0.0205. The molecule has 9 N–H and O–H groups in total. The predicted molar refractivity (Wildman–Crippen MR) is 519 cm³/mol. The number of benzene rings is 3. The standard InChI is InChI=1S/C27H30N6O5S.C26H26N6O4S.C24H21BF3N6O4S.C17H25N5O4/c1-26(2,3)38-25(36)31-11-9-27(37,10-12-31)16-32-17-28-33-14-19(13-21(33)24(32)35)29-22(34)20-15-39-23(30-20)18-7-5-4-6-8-18;33-22(20-14-37-23(29-20)17-4-2-1-3-5-17)28-19-12-21-25(35)31(16-27-32(21)13-19)15-26(36)8-10-30(11-9-26)24(34)18-6-7-18;26-24(27,28)22(37)25-33-8-6-23(38,7-9-33)13-32-14-29-34-11-16(10-18(34)21(32)36)30-19(35)17-12-39-20(31-17)15-4-2-1-3-5-15;1-16(2,3)26-15(24)20-6-4-17(25,5-7-20)10-21-11-19-22-9-12(18)8-13(22)14(21)23/h4-8,13-15,17,37H,9-12,16H2,1-3H3,(H,29,34);1-5,12-14,16,18,36H,6-11,15H2,(H,28,33);1-5,10-12,14,38H,6-9,13H2,(H,30,35);8-9,11,25H,4-7,10,18H2,1-3H3. The van der Waals surface area contributed by atoms with Crippen molar-refractivity contribution in [1.82, 2.24) is 91.2 Å². The smallest absolute Gasteiger partial charge is 0.441 e. The monoisotopic (exact) mass is 1990 g/mol. The van der Waals surface area contributed by atoms with Gasteiger partial charge in [0.1, 0.15) is 90.7 Å². The Morgan fingerprint density at radius 2 is 0.709 bits per heavy atom. The molecular formula is C94H102BF3N23O17S3. The number of amides is 6. The minimum Gasteiger partial charge on any atom is -0.444 e. The van der Waals surface area contributed by atoms with E-state index in [9.17, 15) is 86.3 Å². The number of likely N-dealkylation sites (tertiary alicyclic amines) is 3. The average molecular weight is 1990 g/mol. The van der Waals surface area contributed by atoms with E-state index in [1.165, 1.54) is 113 Å². The molecule has 1 saturated carbocycles. The first kappa shape index (κ1) is 99.8. The average Bonchev–Trinajstić information content (AvgIpc) is 1.67. The number of thiazole rings is 3. The van der Waals surface area contributed by atoms with E-state index in [-0.39, 0.29) is 121 Å². The van der Waals surface area contributed by atoms with E-state index in [0.717, 1.165) is 39.5 Å². The molecule has 141 heavy (non-hydrogen) atoms. The number of ether oxygens (including phenoxy) is 2. The van der Waals surface area contributed by atoms with E-state index < -0.39 is 68.9 Å². The first-order chi connectivity index (χ1) is 66.9. The lowest BCUT2D eigenvalue weighted by atomic mass is 9.79. The first-order valence-electron chi connectivity index (χ1n) is 45.3. The summed E-state index contributed by atoms with van der Waals surface area (Å²) < 4.78 is 59.2. The maximum atomic E-state index is 13.2. The van der Waals surface area contributed by atoms with Gasteiger partial charge >= 0.3 is 25.8 Å². The van der Waals surface area contributed by atoms with E-state index in [0.29, 0.717) is 124 Å². The summed E-state index contributed by atoms with van der Waals surface area (Å²) in [6, 6.07) is 34.8. The quantitative estimate of drug-likeness (QED) is 0.0329. The van der Waals surface area contributed by atoms with Gasteiger partial charge in [0.15, 0.2) is 0 Å². The number of nitrogens with two attached hydrogens (primary N) is 1. The number of hydrogen-bond donors (Lipinski definition) is 8. The van der Waals surface area contributed by atoms with Crippen LogP contribution >= 0.6 is 34.0 Å². The van der Waals surface area contributed by atoms with Crippen LogP contribution in [0.15, 0.2) is 201 Å². The first-order valence-corrected chi connectivity index (χ1v) is 48.0. The Hall–Kier alpha value is -14.2. The maximum absolute atomic E-state index is 13.2. The van der Waals surface area contributed by atoms with Crippen molar-refractivity contribution in [3.8, 4) is 31.7 Å². The van der Waals surface area contributed by atoms with Crippen molar-refractivity contribution in [2.24, 2.45) is 5.92 Å². The van der Waals surface area contributed by atoms with Crippen molar-refractivity contribution >= 4 is 128 Å². The number of nitrogens with one attached hydrogen (secondary N) is 3. The molecule has 4 saturated heterocycles. The lowest BCUT2D eigenvalue weighted by Gasteiger charge is -2.38. The number of alkyl halides is 3.